The lowest BCUT2D eigenvalue weighted by Gasteiger charge is -2.22. The molecule has 1 rings (SSSR count). The molecule has 1 aliphatic heterocycles. The zero-order valence-corrected chi connectivity index (χ0v) is 7.70. The third kappa shape index (κ3) is 2.73. The van der Waals surface area contributed by atoms with Crippen molar-refractivity contribution < 1.29 is 9.84 Å². The highest BCUT2D eigenvalue weighted by atomic mass is 16.5. The predicted octanol–water partition coefficient (Wildman–Crippen LogP) is 0.511. The molecule has 72 valence electrons. The van der Waals surface area contributed by atoms with E-state index in [0.717, 1.165) is 25.9 Å². The van der Waals surface area contributed by atoms with Crippen molar-refractivity contribution in [3.63, 3.8) is 0 Å². The summed E-state index contributed by atoms with van der Waals surface area (Å²) in [6.45, 7) is 3.29. The van der Waals surface area contributed by atoms with E-state index in [4.69, 9.17) is 10.5 Å². The summed E-state index contributed by atoms with van der Waals surface area (Å²) in [6, 6.07) is 0. The summed E-state index contributed by atoms with van der Waals surface area (Å²) in [4.78, 5) is 0. The Labute approximate surface area is 73.9 Å². The molecule has 3 heteroatoms. The van der Waals surface area contributed by atoms with Gasteiger partial charge < -0.3 is 15.6 Å². The zero-order valence-electron chi connectivity index (χ0n) is 7.70. The van der Waals surface area contributed by atoms with Gasteiger partial charge in [-0.25, -0.2) is 0 Å². The molecule has 0 radical (unpaired) electrons. The molecular weight excluding hydrogens is 154 g/mol. The second-order valence-electron chi connectivity index (χ2n) is 3.63. The zero-order chi connectivity index (χ0) is 8.97. The van der Waals surface area contributed by atoms with Gasteiger partial charge in [0.15, 0.2) is 0 Å². The van der Waals surface area contributed by atoms with Gasteiger partial charge in [-0.15, -0.1) is 0 Å². The van der Waals surface area contributed by atoms with E-state index in [-0.39, 0.29) is 6.10 Å². The smallest absolute Gasteiger partial charge is 0.0617 e. The first-order valence-electron chi connectivity index (χ1n) is 4.73. The number of nitrogens with two attached hydrogens (primary N) is 1. The summed E-state index contributed by atoms with van der Waals surface area (Å²) >= 11 is 0. The number of aliphatic hydroxyl groups excluding tert-OH is 1. The van der Waals surface area contributed by atoms with E-state index in [2.05, 4.69) is 0 Å². The third-order valence-corrected chi connectivity index (χ3v) is 2.44. The highest BCUT2D eigenvalue weighted by Gasteiger charge is 2.25. The molecule has 0 aromatic rings. The fraction of sp³-hybridized carbons (Fsp3) is 1.00. The maximum atomic E-state index is 9.20. The summed E-state index contributed by atoms with van der Waals surface area (Å²) in [5.74, 6) is 0.340. The first-order chi connectivity index (χ1) is 5.74. The Morgan fingerprint density at radius 3 is 2.83 bits per heavy atom. The van der Waals surface area contributed by atoms with Crippen molar-refractivity contribution in [3.05, 3.63) is 0 Å². The average Bonchev–Trinajstić information content (AvgIpc) is 2.51. The molecule has 0 bridgehead atoms. The maximum absolute atomic E-state index is 9.20. The van der Waals surface area contributed by atoms with E-state index in [1.165, 1.54) is 0 Å². The molecule has 12 heavy (non-hydrogen) atoms. The number of ether oxygens (including phenoxy) is 1. The molecule has 1 aliphatic rings. The first kappa shape index (κ1) is 9.96. The number of rotatable bonds is 4. The van der Waals surface area contributed by atoms with Gasteiger partial charge in [0.1, 0.15) is 0 Å². The molecule has 1 fully saturated rings. The highest BCUT2D eigenvalue weighted by Crippen LogP contribution is 2.23. The highest BCUT2D eigenvalue weighted by molar-refractivity contribution is 4.76. The molecule has 3 unspecified atom stereocenters. The summed E-state index contributed by atoms with van der Waals surface area (Å²) in [6.07, 6.45) is 3.05. The second kappa shape index (κ2) is 4.80. The Morgan fingerprint density at radius 1 is 1.67 bits per heavy atom. The van der Waals surface area contributed by atoms with Gasteiger partial charge in [-0.3, -0.25) is 0 Å². The van der Waals surface area contributed by atoms with Crippen molar-refractivity contribution in [3.8, 4) is 0 Å². The second-order valence-corrected chi connectivity index (χ2v) is 3.63. The summed E-state index contributed by atoms with van der Waals surface area (Å²) < 4.78 is 5.52. The Bertz CT molecular complexity index is 122. The average molecular weight is 173 g/mol. The van der Waals surface area contributed by atoms with Crippen molar-refractivity contribution in [1.82, 2.24) is 0 Å². The predicted molar refractivity (Wildman–Crippen MR) is 47.8 cm³/mol. The van der Waals surface area contributed by atoms with Crippen molar-refractivity contribution >= 4 is 0 Å². The van der Waals surface area contributed by atoms with Crippen LogP contribution in [0.4, 0.5) is 0 Å². The van der Waals surface area contributed by atoms with Gasteiger partial charge in [0.2, 0.25) is 0 Å². The van der Waals surface area contributed by atoms with Crippen molar-refractivity contribution in [2.75, 3.05) is 13.2 Å². The quantitative estimate of drug-likeness (QED) is 0.651. The molecule has 0 aromatic heterocycles. The Morgan fingerprint density at radius 2 is 2.42 bits per heavy atom. The van der Waals surface area contributed by atoms with Crippen LogP contribution in [0.25, 0.3) is 0 Å². The monoisotopic (exact) mass is 173 g/mol. The van der Waals surface area contributed by atoms with Crippen LogP contribution in [-0.4, -0.2) is 30.5 Å². The van der Waals surface area contributed by atoms with Gasteiger partial charge in [-0.1, -0.05) is 0 Å². The van der Waals surface area contributed by atoms with E-state index in [1.54, 1.807) is 6.92 Å². The lowest BCUT2D eigenvalue weighted by molar-refractivity contribution is 0.0421. The van der Waals surface area contributed by atoms with Crippen LogP contribution in [0.3, 0.4) is 0 Å². The van der Waals surface area contributed by atoms with Gasteiger partial charge in [-0.05, 0) is 38.6 Å². The molecular formula is C9H19NO2. The lowest BCUT2D eigenvalue weighted by Crippen LogP contribution is -2.30. The Balaban J connectivity index is 2.32. The minimum Gasteiger partial charge on any atom is -0.393 e. The van der Waals surface area contributed by atoms with E-state index < -0.39 is 0 Å². The number of aliphatic hydroxyl groups is 1. The summed E-state index contributed by atoms with van der Waals surface area (Å²) in [5.41, 5.74) is 5.61. The first-order valence-corrected chi connectivity index (χ1v) is 4.73. The number of hydrogen-bond acceptors (Lipinski definition) is 3. The molecule has 0 spiro atoms. The fourth-order valence-corrected chi connectivity index (χ4v) is 1.81. The normalized spacial score (nSPS) is 28.8. The molecule has 1 heterocycles. The fourth-order valence-electron chi connectivity index (χ4n) is 1.81. The Hall–Kier alpha value is -0.120. The summed E-state index contributed by atoms with van der Waals surface area (Å²) in [7, 11) is 0. The molecule has 0 aromatic carbocycles. The van der Waals surface area contributed by atoms with E-state index in [9.17, 15) is 5.11 Å². The van der Waals surface area contributed by atoms with Crippen LogP contribution in [-0.2, 0) is 4.74 Å². The molecule has 3 atom stereocenters. The van der Waals surface area contributed by atoms with Gasteiger partial charge in [0.25, 0.3) is 0 Å². The van der Waals surface area contributed by atoms with Gasteiger partial charge in [0.05, 0.1) is 12.2 Å². The molecule has 0 aliphatic carbocycles. The maximum Gasteiger partial charge on any atom is 0.0617 e. The molecule has 1 saturated heterocycles. The summed E-state index contributed by atoms with van der Waals surface area (Å²) in [5, 5.41) is 9.20. The SMILES string of the molecule is CC(O)CC(CN)C1CCCO1. The molecule has 3 nitrogen and oxygen atoms in total. The largest absolute Gasteiger partial charge is 0.393 e. The standard InChI is InChI=1S/C9H19NO2/c1-7(11)5-8(6-10)9-3-2-4-12-9/h7-9,11H,2-6,10H2,1H3. The van der Waals surface area contributed by atoms with Crippen LogP contribution < -0.4 is 5.73 Å². The third-order valence-electron chi connectivity index (χ3n) is 2.44. The van der Waals surface area contributed by atoms with Gasteiger partial charge in [-0.2, -0.15) is 0 Å². The van der Waals surface area contributed by atoms with Gasteiger partial charge in [0, 0.05) is 6.61 Å². The minimum atomic E-state index is -0.261. The van der Waals surface area contributed by atoms with E-state index in [0.29, 0.717) is 18.6 Å². The van der Waals surface area contributed by atoms with Crippen LogP contribution in [0.15, 0.2) is 0 Å². The van der Waals surface area contributed by atoms with Gasteiger partial charge >= 0.3 is 0 Å². The van der Waals surface area contributed by atoms with Crippen LogP contribution in [0.1, 0.15) is 26.2 Å². The van der Waals surface area contributed by atoms with Crippen molar-refractivity contribution in [1.29, 1.82) is 0 Å². The van der Waals surface area contributed by atoms with E-state index >= 15 is 0 Å². The minimum absolute atomic E-state index is 0.261. The number of hydrogen-bond donors (Lipinski definition) is 2. The van der Waals surface area contributed by atoms with Crippen molar-refractivity contribution in [2.24, 2.45) is 11.7 Å². The molecule has 0 saturated carbocycles. The molecule has 3 N–H and O–H groups in total. The van der Waals surface area contributed by atoms with Crippen LogP contribution in [0.5, 0.6) is 0 Å². The van der Waals surface area contributed by atoms with Crippen molar-refractivity contribution in [2.45, 2.75) is 38.4 Å². The lowest BCUT2D eigenvalue weighted by atomic mass is 9.94. The van der Waals surface area contributed by atoms with E-state index in [1.807, 2.05) is 0 Å². The topological polar surface area (TPSA) is 55.5 Å². The molecule has 0 amide bonds. The van der Waals surface area contributed by atoms with Crippen LogP contribution >= 0.6 is 0 Å². The van der Waals surface area contributed by atoms with Crippen LogP contribution in [0, 0.1) is 5.92 Å². The Kier molecular flexibility index (Phi) is 3.98. The van der Waals surface area contributed by atoms with Crippen LogP contribution in [0.2, 0.25) is 0 Å².